The first kappa shape index (κ1) is 12.9. The molecule has 0 amide bonds. The van der Waals surface area contributed by atoms with Gasteiger partial charge in [-0.2, -0.15) is 0 Å². The van der Waals surface area contributed by atoms with Crippen LogP contribution in [0, 0.1) is 0 Å². The Morgan fingerprint density at radius 2 is 2.12 bits per heavy atom. The van der Waals surface area contributed by atoms with Crippen LogP contribution in [0.4, 0.5) is 5.69 Å². The van der Waals surface area contributed by atoms with Gasteiger partial charge in [0.05, 0.1) is 0 Å². The highest BCUT2D eigenvalue weighted by molar-refractivity contribution is 9.10. The van der Waals surface area contributed by atoms with E-state index in [-0.39, 0.29) is 0 Å². The molecule has 1 aliphatic heterocycles. The van der Waals surface area contributed by atoms with Crippen LogP contribution in [0.2, 0.25) is 0 Å². The normalized spacial score (nSPS) is 22.9. The lowest BCUT2D eigenvalue weighted by molar-refractivity contribution is 0.0938. The molecular weight excluding hydrogens is 278 g/mol. The zero-order chi connectivity index (χ0) is 12.4. The summed E-state index contributed by atoms with van der Waals surface area (Å²) in [6, 6.07) is 6.77. The molecule has 4 heteroatoms. The van der Waals surface area contributed by atoms with Gasteiger partial charge in [0.25, 0.3) is 0 Å². The number of nitrogens with zero attached hydrogens (tertiary/aromatic N) is 2. The SMILES string of the molecule is CC1CN(C)CCN1Cc1cc(N)cc(Br)c1. The van der Waals surface area contributed by atoms with Crippen LogP contribution in [0.1, 0.15) is 12.5 Å². The van der Waals surface area contributed by atoms with Crippen molar-refractivity contribution in [3.05, 3.63) is 28.2 Å². The monoisotopic (exact) mass is 297 g/mol. The molecule has 0 saturated carbocycles. The van der Waals surface area contributed by atoms with Crippen LogP contribution in [-0.4, -0.2) is 42.5 Å². The number of rotatable bonds is 2. The number of piperazine rings is 1. The summed E-state index contributed by atoms with van der Waals surface area (Å²) in [4.78, 5) is 4.90. The van der Waals surface area contributed by atoms with Gasteiger partial charge in [0.2, 0.25) is 0 Å². The van der Waals surface area contributed by atoms with Crippen molar-refractivity contribution >= 4 is 21.6 Å². The van der Waals surface area contributed by atoms with Crippen LogP contribution in [0.15, 0.2) is 22.7 Å². The van der Waals surface area contributed by atoms with E-state index in [1.54, 1.807) is 0 Å². The largest absolute Gasteiger partial charge is 0.399 e. The number of likely N-dealkylation sites (N-methyl/N-ethyl adjacent to an activating group) is 1. The zero-order valence-electron chi connectivity index (χ0n) is 10.5. The summed E-state index contributed by atoms with van der Waals surface area (Å²) >= 11 is 3.50. The molecule has 17 heavy (non-hydrogen) atoms. The van der Waals surface area contributed by atoms with Gasteiger partial charge in [-0.25, -0.2) is 0 Å². The smallest absolute Gasteiger partial charge is 0.0328 e. The molecule has 0 bridgehead atoms. The lowest BCUT2D eigenvalue weighted by Gasteiger charge is -2.38. The maximum absolute atomic E-state index is 5.86. The van der Waals surface area contributed by atoms with Gasteiger partial charge >= 0.3 is 0 Å². The zero-order valence-corrected chi connectivity index (χ0v) is 12.1. The summed E-state index contributed by atoms with van der Waals surface area (Å²) in [5.41, 5.74) is 7.98. The van der Waals surface area contributed by atoms with Crippen LogP contribution in [0.3, 0.4) is 0 Å². The first-order valence-electron chi connectivity index (χ1n) is 6.02. The average Bonchev–Trinajstić information content (AvgIpc) is 2.21. The summed E-state index contributed by atoms with van der Waals surface area (Å²) in [6.45, 7) is 6.69. The summed E-state index contributed by atoms with van der Waals surface area (Å²) in [5, 5.41) is 0. The average molecular weight is 298 g/mol. The van der Waals surface area contributed by atoms with E-state index in [4.69, 9.17) is 5.73 Å². The van der Waals surface area contributed by atoms with Gasteiger partial charge in [0, 0.05) is 42.4 Å². The molecule has 1 fully saturated rings. The minimum Gasteiger partial charge on any atom is -0.399 e. The van der Waals surface area contributed by atoms with E-state index < -0.39 is 0 Å². The Bertz CT molecular complexity index is 374. The summed E-state index contributed by atoms with van der Waals surface area (Å²) in [6.07, 6.45) is 0. The minimum absolute atomic E-state index is 0.606. The Morgan fingerprint density at radius 3 is 2.76 bits per heavy atom. The van der Waals surface area contributed by atoms with Crippen molar-refractivity contribution in [2.75, 3.05) is 32.4 Å². The molecule has 0 aromatic heterocycles. The molecule has 0 spiro atoms. The van der Waals surface area contributed by atoms with E-state index in [2.05, 4.69) is 51.8 Å². The fraction of sp³-hybridized carbons (Fsp3) is 0.538. The van der Waals surface area contributed by atoms with Crippen LogP contribution in [0.5, 0.6) is 0 Å². The van der Waals surface area contributed by atoms with Crippen molar-refractivity contribution in [1.29, 1.82) is 0 Å². The van der Waals surface area contributed by atoms with Crippen LogP contribution < -0.4 is 5.73 Å². The molecule has 94 valence electrons. The van der Waals surface area contributed by atoms with Gasteiger partial charge in [-0.05, 0) is 37.7 Å². The number of halogens is 1. The quantitative estimate of drug-likeness (QED) is 0.849. The Balaban J connectivity index is 2.05. The predicted molar refractivity (Wildman–Crippen MR) is 75.9 cm³/mol. The molecule has 1 aromatic rings. The molecule has 2 N–H and O–H groups in total. The van der Waals surface area contributed by atoms with Gasteiger partial charge in [-0.3, -0.25) is 4.90 Å². The van der Waals surface area contributed by atoms with E-state index in [1.165, 1.54) is 5.56 Å². The maximum atomic E-state index is 5.86. The molecule has 3 nitrogen and oxygen atoms in total. The van der Waals surface area contributed by atoms with E-state index in [9.17, 15) is 0 Å². The fourth-order valence-corrected chi connectivity index (χ4v) is 2.97. The Kier molecular flexibility index (Phi) is 4.07. The predicted octanol–water partition coefficient (Wildman–Crippen LogP) is 2.17. The van der Waals surface area contributed by atoms with Crippen LogP contribution >= 0.6 is 15.9 Å². The number of hydrogen-bond donors (Lipinski definition) is 1. The Morgan fingerprint density at radius 1 is 1.35 bits per heavy atom. The van der Waals surface area contributed by atoms with Crippen molar-refractivity contribution in [2.24, 2.45) is 0 Å². The molecule has 0 aliphatic carbocycles. The fourth-order valence-electron chi connectivity index (χ4n) is 2.41. The van der Waals surface area contributed by atoms with E-state index in [0.29, 0.717) is 6.04 Å². The first-order valence-corrected chi connectivity index (χ1v) is 6.81. The molecule has 1 unspecified atom stereocenters. The number of benzene rings is 1. The highest BCUT2D eigenvalue weighted by atomic mass is 79.9. The minimum atomic E-state index is 0.606. The van der Waals surface area contributed by atoms with E-state index in [1.807, 2.05) is 6.07 Å². The van der Waals surface area contributed by atoms with E-state index >= 15 is 0 Å². The number of anilines is 1. The van der Waals surface area contributed by atoms with Crippen molar-refractivity contribution in [2.45, 2.75) is 19.5 Å². The number of nitrogen functional groups attached to an aromatic ring is 1. The maximum Gasteiger partial charge on any atom is 0.0328 e. The van der Waals surface area contributed by atoms with Crippen LogP contribution in [0.25, 0.3) is 0 Å². The van der Waals surface area contributed by atoms with Gasteiger partial charge in [0.1, 0.15) is 0 Å². The molecule has 1 saturated heterocycles. The third-order valence-corrected chi connectivity index (χ3v) is 3.79. The standard InChI is InChI=1S/C13H20BrN3/c1-10-8-16(2)3-4-17(10)9-11-5-12(14)7-13(15)6-11/h5-7,10H,3-4,8-9,15H2,1-2H3. The summed E-state index contributed by atoms with van der Waals surface area (Å²) < 4.78 is 1.06. The van der Waals surface area contributed by atoms with Crippen molar-refractivity contribution in [1.82, 2.24) is 9.80 Å². The second-order valence-electron chi connectivity index (χ2n) is 4.97. The Hall–Kier alpha value is -0.580. The lowest BCUT2D eigenvalue weighted by atomic mass is 10.1. The van der Waals surface area contributed by atoms with Crippen LogP contribution in [-0.2, 0) is 6.54 Å². The highest BCUT2D eigenvalue weighted by Gasteiger charge is 2.21. The van der Waals surface area contributed by atoms with Gasteiger partial charge in [0.15, 0.2) is 0 Å². The molecule has 1 heterocycles. The topological polar surface area (TPSA) is 32.5 Å². The van der Waals surface area contributed by atoms with Crippen molar-refractivity contribution < 1.29 is 0 Å². The second-order valence-corrected chi connectivity index (χ2v) is 5.89. The first-order chi connectivity index (χ1) is 8.04. The molecular formula is C13H20BrN3. The Labute approximate surface area is 112 Å². The molecule has 1 aliphatic rings. The van der Waals surface area contributed by atoms with Gasteiger partial charge in [-0.1, -0.05) is 15.9 Å². The third-order valence-electron chi connectivity index (χ3n) is 3.33. The van der Waals surface area contributed by atoms with Crippen molar-refractivity contribution in [3.8, 4) is 0 Å². The van der Waals surface area contributed by atoms with Crippen molar-refractivity contribution in [3.63, 3.8) is 0 Å². The van der Waals surface area contributed by atoms with Gasteiger partial charge in [-0.15, -0.1) is 0 Å². The molecule has 1 atom stereocenters. The molecule has 1 aromatic carbocycles. The number of hydrogen-bond acceptors (Lipinski definition) is 3. The van der Waals surface area contributed by atoms with Gasteiger partial charge < -0.3 is 10.6 Å². The summed E-state index contributed by atoms with van der Waals surface area (Å²) in [5.74, 6) is 0. The summed E-state index contributed by atoms with van der Waals surface area (Å²) in [7, 11) is 2.19. The lowest BCUT2D eigenvalue weighted by Crippen LogP contribution is -2.49. The molecule has 2 rings (SSSR count). The van der Waals surface area contributed by atoms with E-state index in [0.717, 1.165) is 36.3 Å². The number of nitrogens with two attached hydrogens (primary N) is 1. The third kappa shape index (κ3) is 3.44. The highest BCUT2D eigenvalue weighted by Crippen LogP contribution is 2.20. The molecule has 0 radical (unpaired) electrons. The second kappa shape index (κ2) is 5.38.